The second-order valence-electron chi connectivity index (χ2n) is 2.62. The lowest BCUT2D eigenvalue weighted by Gasteiger charge is -2.15. The molecule has 12 heavy (non-hydrogen) atoms. The van der Waals surface area contributed by atoms with Gasteiger partial charge in [0.15, 0.2) is 6.29 Å². The van der Waals surface area contributed by atoms with Crippen molar-refractivity contribution in [3.63, 3.8) is 0 Å². The van der Waals surface area contributed by atoms with Crippen molar-refractivity contribution in [2.75, 3.05) is 27.3 Å². The normalized spacial score (nSPS) is 13.8. The molecule has 0 aromatic rings. The van der Waals surface area contributed by atoms with Crippen LogP contribution in [-0.2, 0) is 9.47 Å². The van der Waals surface area contributed by atoms with Gasteiger partial charge in [0.25, 0.3) is 0 Å². The molecule has 0 aromatic carbocycles. The van der Waals surface area contributed by atoms with Gasteiger partial charge >= 0.3 is 0 Å². The average molecular weight is 177 g/mol. The summed E-state index contributed by atoms with van der Waals surface area (Å²) in [5.41, 5.74) is 0. The van der Waals surface area contributed by atoms with E-state index in [9.17, 15) is 5.11 Å². The fourth-order valence-electron chi connectivity index (χ4n) is 0.775. The first-order valence-corrected chi connectivity index (χ1v) is 4.19. The highest BCUT2D eigenvalue weighted by Crippen LogP contribution is 1.90. The molecule has 74 valence electrons. The van der Waals surface area contributed by atoms with Crippen LogP contribution in [0.2, 0.25) is 0 Å². The van der Waals surface area contributed by atoms with E-state index in [2.05, 4.69) is 5.32 Å². The van der Waals surface area contributed by atoms with Gasteiger partial charge in [-0.3, -0.25) is 0 Å². The predicted molar refractivity (Wildman–Crippen MR) is 47.0 cm³/mol. The number of hydrogen-bond acceptors (Lipinski definition) is 4. The lowest BCUT2D eigenvalue weighted by atomic mass is 10.3. The van der Waals surface area contributed by atoms with E-state index in [1.807, 2.05) is 6.92 Å². The summed E-state index contributed by atoms with van der Waals surface area (Å²) in [5.74, 6) is 0. The van der Waals surface area contributed by atoms with Crippen molar-refractivity contribution in [1.29, 1.82) is 0 Å². The molecular formula is C8H19NO3. The molecule has 4 nitrogen and oxygen atoms in total. The van der Waals surface area contributed by atoms with E-state index in [-0.39, 0.29) is 12.4 Å². The molecule has 0 aliphatic rings. The van der Waals surface area contributed by atoms with Crippen LogP contribution < -0.4 is 5.32 Å². The average Bonchev–Trinajstić information content (AvgIpc) is 2.12. The van der Waals surface area contributed by atoms with E-state index in [1.165, 1.54) is 0 Å². The fraction of sp³-hybridized carbons (Fsp3) is 1.00. The van der Waals surface area contributed by atoms with Crippen molar-refractivity contribution in [2.45, 2.75) is 25.7 Å². The van der Waals surface area contributed by atoms with E-state index in [0.29, 0.717) is 13.1 Å². The van der Waals surface area contributed by atoms with Crippen molar-refractivity contribution in [3.8, 4) is 0 Å². The smallest absolute Gasteiger partial charge is 0.169 e. The number of rotatable bonds is 7. The maximum absolute atomic E-state index is 9.17. The third-order valence-electron chi connectivity index (χ3n) is 1.69. The first-order valence-electron chi connectivity index (χ1n) is 4.19. The molecule has 0 aromatic heterocycles. The minimum atomic E-state index is -0.278. The Balaban J connectivity index is 3.28. The zero-order valence-corrected chi connectivity index (χ0v) is 8.04. The Morgan fingerprint density at radius 3 is 2.25 bits per heavy atom. The van der Waals surface area contributed by atoms with E-state index in [1.54, 1.807) is 14.2 Å². The van der Waals surface area contributed by atoms with Gasteiger partial charge in [-0.25, -0.2) is 0 Å². The molecule has 0 aliphatic carbocycles. The van der Waals surface area contributed by atoms with Crippen molar-refractivity contribution >= 4 is 0 Å². The van der Waals surface area contributed by atoms with Gasteiger partial charge in [-0.2, -0.15) is 0 Å². The maximum atomic E-state index is 9.17. The van der Waals surface area contributed by atoms with E-state index >= 15 is 0 Å². The Morgan fingerprint density at radius 1 is 1.25 bits per heavy atom. The number of hydrogen-bond donors (Lipinski definition) is 2. The highest BCUT2D eigenvalue weighted by molar-refractivity contribution is 4.57. The van der Waals surface area contributed by atoms with Gasteiger partial charge in [0.1, 0.15) is 0 Å². The van der Waals surface area contributed by atoms with Gasteiger partial charge in [0.05, 0.1) is 6.10 Å². The SMILES string of the molecule is CCC(O)CNCC(OC)OC. The summed E-state index contributed by atoms with van der Waals surface area (Å²) in [6, 6.07) is 0. The van der Waals surface area contributed by atoms with Gasteiger partial charge < -0.3 is 19.9 Å². The number of ether oxygens (including phenoxy) is 2. The minimum absolute atomic E-state index is 0.228. The minimum Gasteiger partial charge on any atom is -0.392 e. The molecule has 0 rings (SSSR count). The molecule has 0 heterocycles. The lowest BCUT2D eigenvalue weighted by Crippen LogP contribution is -2.34. The summed E-state index contributed by atoms with van der Waals surface area (Å²) in [6.07, 6.45) is 0.255. The molecule has 0 bridgehead atoms. The largest absolute Gasteiger partial charge is 0.392 e. The van der Waals surface area contributed by atoms with Crippen LogP contribution >= 0.6 is 0 Å². The first-order chi connectivity index (χ1) is 5.74. The monoisotopic (exact) mass is 177 g/mol. The summed E-state index contributed by atoms with van der Waals surface area (Å²) >= 11 is 0. The molecule has 1 unspecified atom stereocenters. The molecule has 0 saturated heterocycles. The number of nitrogens with one attached hydrogen (secondary N) is 1. The molecule has 0 radical (unpaired) electrons. The Labute approximate surface area is 73.9 Å². The van der Waals surface area contributed by atoms with E-state index in [0.717, 1.165) is 6.42 Å². The Hall–Kier alpha value is -0.160. The van der Waals surface area contributed by atoms with Crippen molar-refractivity contribution in [3.05, 3.63) is 0 Å². The van der Waals surface area contributed by atoms with Crippen molar-refractivity contribution < 1.29 is 14.6 Å². The third-order valence-corrected chi connectivity index (χ3v) is 1.69. The molecule has 0 spiro atoms. The Bertz CT molecular complexity index is 96.3. The van der Waals surface area contributed by atoms with E-state index < -0.39 is 0 Å². The molecule has 0 fully saturated rings. The molecule has 4 heteroatoms. The van der Waals surface area contributed by atoms with Crippen LogP contribution in [-0.4, -0.2) is 44.8 Å². The number of aliphatic hydroxyl groups excluding tert-OH is 1. The van der Waals surface area contributed by atoms with Crippen LogP contribution in [0.25, 0.3) is 0 Å². The van der Waals surface area contributed by atoms with Crippen LogP contribution in [0.15, 0.2) is 0 Å². The van der Waals surface area contributed by atoms with Crippen LogP contribution in [0.1, 0.15) is 13.3 Å². The first kappa shape index (κ1) is 11.8. The van der Waals surface area contributed by atoms with Crippen molar-refractivity contribution in [1.82, 2.24) is 5.32 Å². The van der Waals surface area contributed by atoms with Gasteiger partial charge in [-0.1, -0.05) is 6.92 Å². The topological polar surface area (TPSA) is 50.7 Å². The molecule has 0 amide bonds. The van der Waals surface area contributed by atoms with Crippen LogP contribution in [0.3, 0.4) is 0 Å². The van der Waals surface area contributed by atoms with Crippen LogP contribution in [0.5, 0.6) is 0 Å². The number of aliphatic hydroxyl groups is 1. The summed E-state index contributed by atoms with van der Waals surface area (Å²) in [6.45, 7) is 3.13. The maximum Gasteiger partial charge on any atom is 0.169 e. The second kappa shape index (κ2) is 7.49. The zero-order chi connectivity index (χ0) is 9.40. The summed E-state index contributed by atoms with van der Waals surface area (Å²) < 4.78 is 9.90. The molecule has 1 atom stereocenters. The molecular weight excluding hydrogens is 158 g/mol. The standard InChI is InChI=1S/C8H19NO3/c1-4-7(10)5-9-6-8(11-2)12-3/h7-10H,4-6H2,1-3H3. The summed E-state index contributed by atoms with van der Waals surface area (Å²) in [7, 11) is 3.18. The highest BCUT2D eigenvalue weighted by Gasteiger charge is 2.05. The quantitative estimate of drug-likeness (QED) is 0.536. The summed E-state index contributed by atoms with van der Waals surface area (Å²) in [4.78, 5) is 0. The van der Waals surface area contributed by atoms with Crippen LogP contribution in [0.4, 0.5) is 0 Å². The lowest BCUT2D eigenvalue weighted by molar-refractivity contribution is -0.0993. The van der Waals surface area contributed by atoms with Crippen molar-refractivity contribution in [2.24, 2.45) is 0 Å². The fourth-order valence-corrected chi connectivity index (χ4v) is 0.775. The molecule has 0 aliphatic heterocycles. The second-order valence-corrected chi connectivity index (χ2v) is 2.62. The zero-order valence-electron chi connectivity index (χ0n) is 8.04. The number of methoxy groups -OCH3 is 2. The van der Waals surface area contributed by atoms with E-state index in [4.69, 9.17) is 9.47 Å². The van der Waals surface area contributed by atoms with Gasteiger partial charge in [-0.15, -0.1) is 0 Å². The third kappa shape index (κ3) is 5.49. The molecule has 0 saturated carbocycles. The van der Waals surface area contributed by atoms with Crippen LogP contribution in [0, 0.1) is 0 Å². The van der Waals surface area contributed by atoms with Gasteiger partial charge in [0, 0.05) is 27.3 Å². The summed E-state index contributed by atoms with van der Waals surface area (Å²) in [5, 5.41) is 12.2. The predicted octanol–water partition coefficient (Wildman–Crippen LogP) is -0.0342. The highest BCUT2D eigenvalue weighted by atomic mass is 16.7. The van der Waals surface area contributed by atoms with Gasteiger partial charge in [-0.05, 0) is 6.42 Å². The molecule has 2 N–H and O–H groups in total. The van der Waals surface area contributed by atoms with Gasteiger partial charge in [0.2, 0.25) is 0 Å². The Morgan fingerprint density at radius 2 is 1.83 bits per heavy atom. The Kier molecular flexibility index (Phi) is 7.39.